The van der Waals surface area contributed by atoms with Crippen molar-refractivity contribution in [1.82, 2.24) is 10.2 Å². The SMILES string of the molecule is CCCCNC(=O)[C@@H](CC)N(Cc1ccccc1C)C(=O)CN(c1cccc(Cl)c1)S(=O)(=O)c1ccc(OC)cc1. The van der Waals surface area contributed by atoms with Crippen molar-refractivity contribution in [2.24, 2.45) is 0 Å². The van der Waals surface area contributed by atoms with Gasteiger partial charge in [0.15, 0.2) is 0 Å². The second-order valence-electron chi connectivity index (χ2n) is 9.68. The van der Waals surface area contributed by atoms with Gasteiger partial charge >= 0.3 is 0 Å². The van der Waals surface area contributed by atoms with Crippen LogP contribution < -0.4 is 14.4 Å². The molecule has 220 valence electrons. The van der Waals surface area contributed by atoms with Crippen molar-refractivity contribution in [2.45, 2.75) is 57.5 Å². The maximum atomic E-state index is 14.1. The smallest absolute Gasteiger partial charge is 0.264 e. The molecule has 0 spiro atoms. The van der Waals surface area contributed by atoms with E-state index < -0.39 is 28.5 Å². The van der Waals surface area contributed by atoms with Gasteiger partial charge in [-0.3, -0.25) is 13.9 Å². The van der Waals surface area contributed by atoms with Crippen molar-refractivity contribution in [1.29, 1.82) is 0 Å². The van der Waals surface area contributed by atoms with Crippen molar-refractivity contribution >= 4 is 39.1 Å². The van der Waals surface area contributed by atoms with Crippen LogP contribution in [-0.2, 0) is 26.2 Å². The third-order valence-electron chi connectivity index (χ3n) is 6.84. The predicted molar refractivity (Wildman–Crippen MR) is 163 cm³/mol. The van der Waals surface area contributed by atoms with Crippen LogP contribution in [0.25, 0.3) is 0 Å². The number of sulfonamides is 1. The lowest BCUT2D eigenvalue weighted by molar-refractivity contribution is -0.140. The van der Waals surface area contributed by atoms with Gasteiger partial charge in [0.1, 0.15) is 18.3 Å². The Kier molecular flexibility index (Phi) is 11.6. The zero-order valence-electron chi connectivity index (χ0n) is 24.0. The van der Waals surface area contributed by atoms with Gasteiger partial charge < -0.3 is 15.0 Å². The molecule has 0 heterocycles. The summed E-state index contributed by atoms with van der Waals surface area (Å²) in [6.07, 6.45) is 2.09. The minimum absolute atomic E-state index is 0.0131. The molecular weight excluding hydrogens is 562 g/mol. The molecule has 0 saturated heterocycles. The Hall–Kier alpha value is -3.56. The second kappa shape index (κ2) is 14.9. The van der Waals surface area contributed by atoms with E-state index in [1.807, 2.05) is 45.0 Å². The number of rotatable bonds is 14. The van der Waals surface area contributed by atoms with E-state index in [0.29, 0.717) is 23.7 Å². The fraction of sp³-hybridized carbons (Fsp3) is 0.355. The summed E-state index contributed by atoms with van der Waals surface area (Å²) in [5.41, 5.74) is 2.06. The highest BCUT2D eigenvalue weighted by Crippen LogP contribution is 2.28. The Balaban J connectivity index is 2.05. The molecule has 3 aromatic carbocycles. The highest BCUT2D eigenvalue weighted by Gasteiger charge is 2.34. The van der Waals surface area contributed by atoms with Gasteiger partial charge in [0.25, 0.3) is 10.0 Å². The fourth-order valence-corrected chi connectivity index (χ4v) is 6.02. The van der Waals surface area contributed by atoms with Crippen LogP contribution in [-0.4, -0.2) is 51.4 Å². The summed E-state index contributed by atoms with van der Waals surface area (Å²) < 4.78 is 34.1. The molecule has 0 saturated carbocycles. The van der Waals surface area contributed by atoms with Crippen molar-refractivity contribution in [3.05, 3.63) is 88.9 Å². The van der Waals surface area contributed by atoms with E-state index in [0.717, 1.165) is 28.3 Å². The molecule has 0 fully saturated rings. The van der Waals surface area contributed by atoms with Crippen LogP contribution in [0.4, 0.5) is 5.69 Å². The van der Waals surface area contributed by atoms with E-state index in [9.17, 15) is 18.0 Å². The number of aryl methyl sites for hydroxylation is 1. The van der Waals surface area contributed by atoms with Crippen LogP contribution in [0.15, 0.2) is 77.7 Å². The van der Waals surface area contributed by atoms with Crippen LogP contribution in [0.2, 0.25) is 5.02 Å². The van der Waals surface area contributed by atoms with E-state index in [2.05, 4.69) is 5.32 Å². The lowest BCUT2D eigenvalue weighted by Crippen LogP contribution is -2.52. The predicted octanol–water partition coefficient (Wildman–Crippen LogP) is 5.58. The standard InChI is InChI=1S/C31H38ClN3O5S/c1-5-7-19-33-31(37)29(6-2)34(21-24-12-9-8-11-23(24)3)30(36)22-35(26-14-10-13-25(32)20-26)41(38,39)28-17-15-27(40-4)16-18-28/h8-18,20,29H,5-7,19,21-22H2,1-4H3,(H,33,37)/t29-/m1/s1. The zero-order chi connectivity index (χ0) is 30.0. The number of nitrogens with one attached hydrogen (secondary N) is 1. The van der Waals surface area contributed by atoms with Gasteiger partial charge in [-0.05, 0) is 73.4 Å². The van der Waals surface area contributed by atoms with Gasteiger partial charge in [0, 0.05) is 18.1 Å². The summed E-state index contributed by atoms with van der Waals surface area (Å²) in [6, 6.07) is 19.1. The number of methoxy groups -OCH3 is 1. The Morgan fingerprint density at radius 1 is 1.00 bits per heavy atom. The van der Waals surface area contributed by atoms with Crippen LogP contribution in [0.3, 0.4) is 0 Å². The summed E-state index contributed by atoms with van der Waals surface area (Å²) in [5.74, 6) is -0.281. The lowest BCUT2D eigenvalue weighted by atomic mass is 10.1. The molecule has 0 aliphatic rings. The summed E-state index contributed by atoms with van der Waals surface area (Å²) in [6.45, 7) is 5.93. The third-order valence-corrected chi connectivity index (χ3v) is 8.86. The van der Waals surface area contributed by atoms with Gasteiger partial charge in [0.05, 0.1) is 17.7 Å². The quantitative estimate of drug-likeness (QED) is 0.244. The molecule has 3 rings (SSSR count). The molecule has 0 aromatic heterocycles. The first-order valence-corrected chi connectivity index (χ1v) is 15.5. The minimum atomic E-state index is -4.20. The Bertz CT molecular complexity index is 1430. The maximum Gasteiger partial charge on any atom is 0.264 e. The lowest BCUT2D eigenvalue weighted by Gasteiger charge is -2.33. The van der Waals surface area contributed by atoms with Gasteiger partial charge in [-0.1, -0.05) is 62.2 Å². The fourth-order valence-electron chi connectivity index (χ4n) is 4.43. The first kappa shape index (κ1) is 32.0. The second-order valence-corrected chi connectivity index (χ2v) is 12.0. The number of ether oxygens (including phenoxy) is 1. The molecule has 41 heavy (non-hydrogen) atoms. The Labute approximate surface area is 248 Å². The number of benzene rings is 3. The van der Waals surface area contributed by atoms with Crippen LogP contribution in [0, 0.1) is 6.92 Å². The highest BCUT2D eigenvalue weighted by atomic mass is 35.5. The number of halogens is 1. The van der Waals surface area contributed by atoms with Gasteiger partial charge in [-0.2, -0.15) is 0 Å². The number of anilines is 1. The topological polar surface area (TPSA) is 96.0 Å². The average Bonchev–Trinajstić information content (AvgIpc) is 2.96. The average molecular weight is 600 g/mol. The van der Waals surface area contributed by atoms with Crippen molar-refractivity contribution in [3.8, 4) is 5.75 Å². The molecule has 8 nitrogen and oxygen atoms in total. The third kappa shape index (κ3) is 8.24. The number of hydrogen-bond acceptors (Lipinski definition) is 5. The molecule has 1 atom stereocenters. The van der Waals surface area contributed by atoms with Crippen molar-refractivity contribution in [2.75, 3.05) is 24.5 Å². The Morgan fingerprint density at radius 2 is 1.71 bits per heavy atom. The number of carbonyl (C=O) groups is 2. The summed E-state index contributed by atoms with van der Waals surface area (Å²) in [7, 11) is -2.71. The van der Waals surface area contributed by atoms with Gasteiger partial charge in [-0.25, -0.2) is 8.42 Å². The highest BCUT2D eigenvalue weighted by molar-refractivity contribution is 7.92. The number of unbranched alkanes of at least 4 members (excludes halogenated alkanes) is 1. The Morgan fingerprint density at radius 3 is 2.32 bits per heavy atom. The van der Waals surface area contributed by atoms with E-state index in [4.69, 9.17) is 16.3 Å². The van der Waals surface area contributed by atoms with Crippen LogP contribution in [0.5, 0.6) is 5.75 Å². The molecule has 2 amide bonds. The summed E-state index contributed by atoms with van der Waals surface area (Å²) in [5, 5.41) is 3.26. The van der Waals surface area contributed by atoms with Crippen molar-refractivity contribution < 1.29 is 22.7 Å². The molecule has 0 aliphatic heterocycles. The molecular formula is C31H38ClN3O5S. The van der Waals surface area contributed by atoms with E-state index in [-0.39, 0.29) is 23.0 Å². The van der Waals surface area contributed by atoms with E-state index in [1.54, 1.807) is 30.3 Å². The molecule has 0 unspecified atom stereocenters. The molecule has 0 aliphatic carbocycles. The maximum absolute atomic E-state index is 14.1. The number of nitrogens with zero attached hydrogens (tertiary/aromatic N) is 2. The van der Waals surface area contributed by atoms with E-state index in [1.165, 1.54) is 30.2 Å². The van der Waals surface area contributed by atoms with Crippen LogP contribution in [0.1, 0.15) is 44.2 Å². The zero-order valence-corrected chi connectivity index (χ0v) is 25.5. The number of hydrogen-bond donors (Lipinski definition) is 1. The molecule has 0 radical (unpaired) electrons. The van der Waals surface area contributed by atoms with Gasteiger partial charge in [0.2, 0.25) is 11.8 Å². The number of carbonyl (C=O) groups excluding carboxylic acids is 2. The first-order valence-electron chi connectivity index (χ1n) is 13.7. The molecule has 0 bridgehead atoms. The summed E-state index contributed by atoms with van der Waals surface area (Å²) in [4.78, 5) is 28.9. The van der Waals surface area contributed by atoms with Crippen molar-refractivity contribution in [3.63, 3.8) is 0 Å². The first-order chi connectivity index (χ1) is 19.6. The largest absolute Gasteiger partial charge is 0.497 e. The van der Waals surface area contributed by atoms with E-state index >= 15 is 0 Å². The monoisotopic (exact) mass is 599 g/mol. The number of amides is 2. The summed E-state index contributed by atoms with van der Waals surface area (Å²) >= 11 is 6.24. The molecule has 3 aromatic rings. The van der Waals surface area contributed by atoms with Crippen LogP contribution >= 0.6 is 11.6 Å². The molecule has 10 heteroatoms. The van der Waals surface area contributed by atoms with Gasteiger partial charge in [-0.15, -0.1) is 0 Å². The molecule has 1 N–H and O–H groups in total. The minimum Gasteiger partial charge on any atom is -0.497 e. The normalized spacial score (nSPS) is 11.9.